The Balaban J connectivity index is 2.30. The van der Waals surface area contributed by atoms with Crippen LogP contribution in [0.5, 0.6) is 0 Å². The highest BCUT2D eigenvalue weighted by molar-refractivity contribution is 6.29. The maximum atomic E-state index is 5.95. The molecule has 0 saturated heterocycles. The van der Waals surface area contributed by atoms with E-state index in [4.69, 9.17) is 21.1 Å². The van der Waals surface area contributed by atoms with Gasteiger partial charge in [0.2, 0.25) is 0 Å². The van der Waals surface area contributed by atoms with Gasteiger partial charge in [0.1, 0.15) is 17.6 Å². The van der Waals surface area contributed by atoms with Crippen molar-refractivity contribution >= 4 is 17.4 Å². The molecule has 0 aliphatic carbocycles. The number of aromatic nitrogens is 2. The van der Waals surface area contributed by atoms with E-state index in [1.165, 1.54) is 0 Å². The van der Waals surface area contributed by atoms with Crippen molar-refractivity contribution in [3.05, 3.63) is 17.0 Å². The number of ether oxygens (including phenoxy) is 2. The fraction of sp³-hybridized carbons (Fsp3) is 0.714. The van der Waals surface area contributed by atoms with Crippen LogP contribution in [0.25, 0.3) is 0 Å². The molecular formula is C14H24ClN3O2. The fourth-order valence-electron chi connectivity index (χ4n) is 1.49. The summed E-state index contributed by atoms with van der Waals surface area (Å²) in [5.74, 6) is 1.96. The lowest BCUT2D eigenvalue weighted by Gasteiger charge is -2.09. The normalized spacial score (nSPS) is 11.1. The number of hydrogen-bond acceptors (Lipinski definition) is 5. The lowest BCUT2D eigenvalue weighted by Crippen LogP contribution is -2.12. The zero-order valence-corrected chi connectivity index (χ0v) is 13.2. The molecule has 1 rings (SSSR count). The minimum Gasteiger partial charge on any atom is -0.380 e. The molecule has 1 N–H and O–H groups in total. The Hall–Kier alpha value is -0.910. The van der Waals surface area contributed by atoms with Gasteiger partial charge in [0.15, 0.2) is 5.82 Å². The van der Waals surface area contributed by atoms with Gasteiger partial charge in [-0.3, -0.25) is 0 Å². The maximum absolute atomic E-state index is 5.95. The lowest BCUT2D eigenvalue weighted by atomic mass is 10.1. The van der Waals surface area contributed by atoms with E-state index < -0.39 is 0 Å². The van der Waals surface area contributed by atoms with E-state index in [0.29, 0.717) is 49.1 Å². The highest BCUT2D eigenvalue weighted by atomic mass is 35.5. The Morgan fingerprint density at radius 1 is 1.25 bits per heavy atom. The monoisotopic (exact) mass is 301 g/mol. The van der Waals surface area contributed by atoms with E-state index in [2.05, 4.69) is 29.1 Å². The summed E-state index contributed by atoms with van der Waals surface area (Å²) in [6.07, 6.45) is 1.08. The first kappa shape index (κ1) is 17.1. The van der Waals surface area contributed by atoms with Crippen molar-refractivity contribution in [2.75, 3.05) is 31.7 Å². The molecule has 0 aliphatic heterocycles. The predicted molar refractivity (Wildman–Crippen MR) is 81.1 cm³/mol. The first-order valence-electron chi connectivity index (χ1n) is 7.04. The summed E-state index contributed by atoms with van der Waals surface area (Å²) in [4.78, 5) is 8.44. The Bertz CT molecular complexity index is 389. The minimum absolute atomic E-state index is 0.372. The number of anilines is 1. The second-order valence-corrected chi connectivity index (χ2v) is 5.24. The van der Waals surface area contributed by atoms with Crippen LogP contribution in [0.15, 0.2) is 6.07 Å². The van der Waals surface area contributed by atoms with Crippen LogP contribution in [0, 0.1) is 5.92 Å². The van der Waals surface area contributed by atoms with Crippen LogP contribution in [0.1, 0.15) is 33.0 Å². The fourth-order valence-corrected chi connectivity index (χ4v) is 1.69. The number of hydrogen-bond donors (Lipinski definition) is 1. The summed E-state index contributed by atoms with van der Waals surface area (Å²) in [5.41, 5.74) is 0. The van der Waals surface area contributed by atoms with Gasteiger partial charge in [-0.2, -0.15) is 0 Å². The van der Waals surface area contributed by atoms with Gasteiger partial charge in [-0.1, -0.05) is 25.4 Å². The van der Waals surface area contributed by atoms with E-state index in [0.717, 1.165) is 13.0 Å². The topological polar surface area (TPSA) is 56.3 Å². The molecule has 6 heteroatoms. The maximum Gasteiger partial charge on any atom is 0.158 e. The van der Waals surface area contributed by atoms with Gasteiger partial charge < -0.3 is 14.8 Å². The Morgan fingerprint density at radius 2 is 2.05 bits per heavy atom. The molecule has 0 unspecified atom stereocenters. The van der Waals surface area contributed by atoms with Gasteiger partial charge >= 0.3 is 0 Å². The van der Waals surface area contributed by atoms with Gasteiger partial charge in [-0.05, 0) is 19.3 Å². The van der Waals surface area contributed by atoms with E-state index in [-0.39, 0.29) is 0 Å². The molecular weight excluding hydrogens is 278 g/mol. The summed E-state index contributed by atoms with van der Waals surface area (Å²) in [6.45, 7) is 9.43. The van der Waals surface area contributed by atoms with Crippen LogP contribution in [0.2, 0.25) is 5.15 Å². The summed E-state index contributed by atoms with van der Waals surface area (Å²) < 4.78 is 10.8. The summed E-state index contributed by atoms with van der Waals surface area (Å²) >= 11 is 5.95. The molecule has 0 atom stereocenters. The molecule has 0 amide bonds. The highest BCUT2D eigenvalue weighted by Gasteiger charge is 2.03. The minimum atomic E-state index is 0.372. The predicted octanol–water partition coefficient (Wildman–Crippen LogP) is 3.14. The molecule has 0 bridgehead atoms. The van der Waals surface area contributed by atoms with Crippen molar-refractivity contribution in [3.63, 3.8) is 0 Å². The smallest absolute Gasteiger partial charge is 0.158 e. The molecule has 20 heavy (non-hydrogen) atoms. The quantitative estimate of drug-likeness (QED) is 0.531. The van der Waals surface area contributed by atoms with Crippen molar-refractivity contribution < 1.29 is 9.47 Å². The number of nitrogens with zero attached hydrogens (tertiary/aromatic N) is 2. The Morgan fingerprint density at radius 3 is 2.75 bits per heavy atom. The van der Waals surface area contributed by atoms with E-state index in [1.807, 2.05) is 6.92 Å². The molecule has 1 aromatic heterocycles. The van der Waals surface area contributed by atoms with Crippen molar-refractivity contribution in [3.8, 4) is 0 Å². The molecule has 0 spiro atoms. The zero-order chi connectivity index (χ0) is 14.8. The standard InChI is InChI=1S/C14H24ClN3O2/c1-4-19-10-14-17-12(15)9-13(18-14)16-6-8-20-7-5-11(2)3/h9,11H,4-8,10H2,1-3H3,(H,16,17,18). The summed E-state index contributed by atoms with van der Waals surface area (Å²) in [7, 11) is 0. The van der Waals surface area contributed by atoms with Crippen LogP contribution in [-0.4, -0.2) is 36.3 Å². The third-order valence-corrected chi connectivity index (χ3v) is 2.76. The van der Waals surface area contributed by atoms with Gasteiger partial charge in [0.05, 0.1) is 6.61 Å². The van der Waals surface area contributed by atoms with Crippen LogP contribution in [-0.2, 0) is 16.1 Å². The van der Waals surface area contributed by atoms with Crippen molar-refractivity contribution in [1.82, 2.24) is 9.97 Å². The largest absolute Gasteiger partial charge is 0.380 e. The average molecular weight is 302 g/mol. The Kier molecular flexibility index (Phi) is 8.49. The number of rotatable bonds is 10. The molecule has 1 aromatic rings. The Labute approximate surface area is 126 Å². The molecule has 0 fully saturated rings. The summed E-state index contributed by atoms with van der Waals surface area (Å²) in [5, 5.41) is 3.59. The molecule has 0 aliphatic rings. The molecule has 0 saturated carbocycles. The second kappa shape index (κ2) is 9.91. The first-order chi connectivity index (χ1) is 9.61. The second-order valence-electron chi connectivity index (χ2n) is 4.85. The van der Waals surface area contributed by atoms with E-state index in [1.54, 1.807) is 6.07 Å². The van der Waals surface area contributed by atoms with Crippen LogP contribution in [0.4, 0.5) is 5.82 Å². The molecule has 0 aromatic carbocycles. The molecule has 5 nitrogen and oxygen atoms in total. The third-order valence-electron chi connectivity index (χ3n) is 2.57. The van der Waals surface area contributed by atoms with Crippen molar-refractivity contribution in [2.24, 2.45) is 5.92 Å². The van der Waals surface area contributed by atoms with Gasteiger partial charge in [0.25, 0.3) is 0 Å². The third kappa shape index (κ3) is 7.62. The SMILES string of the molecule is CCOCc1nc(Cl)cc(NCCOCCC(C)C)n1. The molecule has 1 heterocycles. The van der Waals surface area contributed by atoms with Crippen LogP contribution >= 0.6 is 11.6 Å². The number of nitrogens with one attached hydrogen (secondary N) is 1. The van der Waals surface area contributed by atoms with E-state index in [9.17, 15) is 0 Å². The van der Waals surface area contributed by atoms with Gasteiger partial charge in [0, 0.05) is 25.8 Å². The van der Waals surface area contributed by atoms with Gasteiger partial charge in [-0.15, -0.1) is 0 Å². The van der Waals surface area contributed by atoms with Crippen LogP contribution in [0.3, 0.4) is 0 Å². The highest BCUT2D eigenvalue weighted by Crippen LogP contribution is 2.12. The molecule has 114 valence electrons. The zero-order valence-electron chi connectivity index (χ0n) is 12.5. The van der Waals surface area contributed by atoms with Gasteiger partial charge in [-0.25, -0.2) is 9.97 Å². The van der Waals surface area contributed by atoms with Crippen molar-refractivity contribution in [1.29, 1.82) is 0 Å². The average Bonchev–Trinajstić information content (AvgIpc) is 2.39. The van der Waals surface area contributed by atoms with Crippen molar-refractivity contribution in [2.45, 2.75) is 33.8 Å². The number of halogens is 1. The molecule has 0 radical (unpaired) electrons. The summed E-state index contributed by atoms with van der Waals surface area (Å²) in [6, 6.07) is 1.70. The first-order valence-corrected chi connectivity index (χ1v) is 7.42. The van der Waals surface area contributed by atoms with Crippen LogP contribution < -0.4 is 5.32 Å². The van der Waals surface area contributed by atoms with E-state index >= 15 is 0 Å². The lowest BCUT2D eigenvalue weighted by molar-refractivity contribution is 0.128.